The van der Waals surface area contributed by atoms with Gasteiger partial charge in [0.1, 0.15) is 11.5 Å². The van der Waals surface area contributed by atoms with Gasteiger partial charge in [0, 0.05) is 33.2 Å². The van der Waals surface area contributed by atoms with Crippen LogP contribution in [0.1, 0.15) is 27.2 Å². The summed E-state index contributed by atoms with van der Waals surface area (Å²) in [5.74, 6) is -0.281. The SMILES string of the molecule is CC(=O)OCC(CCN1CN(C(C)=O)C2=C1NC(N)N=C2)COC(C)=O. The van der Waals surface area contributed by atoms with Gasteiger partial charge in [0.15, 0.2) is 6.29 Å². The van der Waals surface area contributed by atoms with E-state index in [1.54, 1.807) is 11.1 Å². The third-order valence-electron chi connectivity index (χ3n) is 4.04. The van der Waals surface area contributed by atoms with Crippen LogP contribution in [-0.4, -0.2) is 66.6 Å². The lowest BCUT2D eigenvalue weighted by molar-refractivity contribution is -0.146. The first-order valence-corrected chi connectivity index (χ1v) is 8.37. The summed E-state index contributed by atoms with van der Waals surface area (Å²) < 4.78 is 10.1. The number of nitrogens with zero attached hydrogens (tertiary/aromatic N) is 3. The second-order valence-electron chi connectivity index (χ2n) is 6.21. The Balaban J connectivity index is 2.01. The van der Waals surface area contributed by atoms with Crippen molar-refractivity contribution >= 4 is 24.1 Å². The minimum atomic E-state index is -0.568. The van der Waals surface area contributed by atoms with Crippen LogP contribution in [0.25, 0.3) is 0 Å². The highest BCUT2D eigenvalue weighted by Crippen LogP contribution is 2.24. The molecule has 10 heteroatoms. The van der Waals surface area contributed by atoms with Gasteiger partial charge in [-0.15, -0.1) is 0 Å². The minimum absolute atomic E-state index is 0.0971. The van der Waals surface area contributed by atoms with Gasteiger partial charge in [0.25, 0.3) is 0 Å². The van der Waals surface area contributed by atoms with Crippen molar-refractivity contribution in [2.24, 2.45) is 16.6 Å². The number of carbonyl (C=O) groups excluding carboxylic acids is 3. The van der Waals surface area contributed by atoms with Crippen molar-refractivity contribution in [1.82, 2.24) is 15.1 Å². The van der Waals surface area contributed by atoms with E-state index in [1.807, 2.05) is 4.90 Å². The van der Waals surface area contributed by atoms with E-state index >= 15 is 0 Å². The summed E-state index contributed by atoms with van der Waals surface area (Å²) in [5, 5.41) is 3.06. The van der Waals surface area contributed by atoms with Crippen LogP contribution in [0.5, 0.6) is 0 Å². The van der Waals surface area contributed by atoms with Crippen molar-refractivity contribution in [2.75, 3.05) is 26.4 Å². The topological polar surface area (TPSA) is 127 Å². The fourth-order valence-corrected chi connectivity index (χ4v) is 2.71. The van der Waals surface area contributed by atoms with E-state index in [0.717, 1.165) is 5.82 Å². The third-order valence-corrected chi connectivity index (χ3v) is 4.04. The van der Waals surface area contributed by atoms with Gasteiger partial charge in [-0.1, -0.05) is 0 Å². The van der Waals surface area contributed by atoms with Crippen LogP contribution in [-0.2, 0) is 23.9 Å². The molecular formula is C16H25N5O5. The summed E-state index contributed by atoms with van der Waals surface area (Å²) in [6.45, 7) is 5.40. The maximum atomic E-state index is 11.9. The Morgan fingerprint density at radius 3 is 2.42 bits per heavy atom. The van der Waals surface area contributed by atoms with Crippen LogP contribution in [0.3, 0.4) is 0 Å². The molecule has 0 radical (unpaired) electrons. The molecule has 0 aromatic heterocycles. The predicted octanol–water partition coefficient (Wildman–Crippen LogP) is -0.674. The molecule has 2 heterocycles. The molecule has 0 saturated heterocycles. The number of allylic oxidation sites excluding steroid dienone is 1. The zero-order valence-corrected chi connectivity index (χ0v) is 15.2. The predicted molar refractivity (Wildman–Crippen MR) is 92.1 cm³/mol. The van der Waals surface area contributed by atoms with Crippen molar-refractivity contribution in [3.8, 4) is 0 Å². The van der Waals surface area contributed by atoms with Crippen molar-refractivity contribution in [3.63, 3.8) is 0 Å². The van der Waals surface area contributed by atoms with Gasteiger partial charge in [0.05, 0.1) is 26.1 Å². The first-order valence-electron chi connectivity index (χ1n) is 8.37. The van der Waals surface area contributed by atoms with Gasteiger partial charge in [0.2, 0.25) is 5.91 Å². The van der Waals surface area contributed by atoms with E-state index in [9.17, 15) is 14.4 Å². The number of nitrogens with two attached hydrogens (primary N) is 1. The van der Waals surface area contributed by atoms with Crippen molar-refractivity contribution in [3.05, 3.63) is 11.5 Å². The number of aliphatic imine (C=N–C) groups is 1. The molecule has 2 aliphatic rings. The number of ether oxygens (including phenoxy) is 2. The van der Waals surface area contributed by atoms with Crippen LogP contribution in [0.4, 0.5) is 0 Å². The molecule has 2 rings (SSSR count). The first-order chi connectivity index (χ1) is 12.3. The maximum absolute atomic E-state index is 11.9. The summed E-state index contributed by atoms with van der Waals surface area (Å²) in [6.07, 6.45) is 1.62. The molecule has 10 nitrogen and oxygen atoms in total. The number of nitrogens with one attached hydrogen (secondary N) is 1. The molecule has 0 aromatic rings. The standard InChI is InChI=1S/C16H25N5O5/c1-10(22)21-9-20(15-14(21)6-18-16(17)19-15)5-4-13(7-25-11(2)23)8-26-12(3)24/h6,13,16,19H,4-5,7-9,17H2,1-3H3. The van der Waals surface area contributed by atoms with E-state index in [0.29, 0.717) is 25.3 Å². The molecule has 144 valence electrons. The van der Waals surface area contributed by atoms with E-state index in [-0.39, 0.29) is 37.0 Å². The number of esters is 2. The molecule has 0 aromatic carbocycles. The summed E-state index contributed by atoms with van der Waals surface area (Å²) in [4.78, 5) is 41.6. The highest BCUT2D eigenvalue weighted by Gasteiger charge is 2.33. The Morgan fingerprint density at radius 1 is 1.27 bits per heavy atom. The van der Waals surface area contributed by atoms with Crippen molar-refractivity contribution in [2.45, 2.75) is 33.5 Å². The lowest BCUT2D eigenvalue weighted by Gasteiger charge is -2.26. The Morgan fingerprint density at radius 2 is 1.88 bits per heavy atom. The second-order valence-corrected chi connectivity index (χ2v) is 6.21. The molecule has 3 N–H and O–H groups in total. The summed E-state index contributed by atoms with van der Waals surface area (Å²) in [5.41, 5.74) is 6.48. The molecule has 1 amide bonds. The molecule has 26 heavy (non-hydrogen) atoms. The number of hydrogen-bond acceptors (Lipinski definition) is 9. The summed E-state index contributed by atoms with van der Waals surface area (Å²) in [7, 11) is 0. The molecule has 0 saturated carbocycles. The van der Waals surface area contributed by atoms with Crippen LogP contribution in [0.2, 0.25) is 0 Å². The van der Waals surface area contributed by atoms with Gasteiger partial charge in [-0.3, -0.25) is 30.0 Å². The zero-order valence-electron chi connectivity index (χ0n) is 15.2. The monoisotopic (exact) mass is 367 g/mol. The van der Waals surface area contributed by atoms with E-state index in [1.165, 1.54) is 20.8 Å². The van der Waals surface area contributed by atoms with E-state index in [4.69, 9.17) is 15.2 Å². The Labute approximate surface area is 152 Å². The smallest absolute Gasteiger partial charge is 0.302 e. The van der Waals surface area contributed by atoms with Crippen LogP contribution < -0.4 is 11.1 Å². The molecule has 0 aliphatic carbocycles. The zero-order chi connectivity index (χ0) is 19.3. The number of hydrogen-bond donors (Lipinski definition) is 2. The van der Waals surface area contributed by atoms with Gasteiger partial charge < -0.3 is 19.7 Å². The van der Waals surface area contributed by atoms with Gasteiger partial charge in [-0.2, -0.15) is 0 Å². The third kappa shape index (κ3) is 5.19. The molecule has 0 bridgehead atoms. The Bertz CT molecular complexity index is 615. The minimum Gasteiger partial charge on any atom is -0.465 e. The highest BCUT2D eigenvalue weighted by molar-refractivity contribution is 5.89. The highest BCUT2D eigenvalue weighted by atomic mass is 16.5. The van der Waals surface area contributed by atoms with Gasteiger partial charge in [-0.25, -0.2) is 0 Å². The number of rotatable bonds is 7. The fourth-order valence-electron chi connectivity index (χ4n) is 2.71. The lowest BCUT2D eigenvalue weighted by atomic mass is 10.1. The molecule has 0 spiro atoms. The summed E-state index contributed by atoms with van der Waals surface area (Å²) >= 11 is 0. The van der Waals surface area contributed by atoms with Gasteiger partial charge >= 0.3 is 11.9 Å². The van der Waals surface area contributed by atoms with Crippen molar-refractivity contribution in [1.29, 1.82) is 0 Å². The Kier molecular flexibility index (Phi) is 6.56. The molecule has 1 unspecified atom stereocenters. The summed E-state index contributed by atoms with van der Waals surface area (Å²) in [6, 6.07) is 0. The second kappa shape index (κ2) is 8.65. The quantitative estimate of drug-likeness (QED) is 0.567. The maximum Gasteiger partial charge on any atom is 0.302 e. The number of amides is 1. The lowest BCUT2D eigenvalue weighted by Crippen LogP contribution is -2.42. The average Bonchev–Trinajstić information content (AvgIpc) is 2.92. The fraction of sp³-hybridized carbons (Fsp3) is 0.625. The van der Waals surface area contributed by atoms with Crippen molar-refractivity contribution < 1.29 is 23.9 Å². The molecule has 0 fully saturated rings. The van der Waals surface area contributed by atoms with Gasteiger partial charge in [-0.05, 0) is 6.42 Å². The Hall–Kier alpha value is -2.62. The number of carbonyl (C=O) groups is 3. The van der Waals surface area contributed by atoms with Crippen LogP contribution in [0, 0.1) is 5.92 Å². The first kappa shape index (κ1) is 19.7. The molecule has 2 aliphatic heterocycles. The van der Waals surface area contributed by atoms with E-state index < -0.39 is 6.29 Å². The van der Waals surface area contributed by atoms with E-state index in [2.05, 4.69) is 10.3 Å². The molecule has 1 atom stereocenters. The largest absolute Gasteiger partial charge is 0.465 e. The average molecular weight is 367 g/mol. The van der Waals surface area contributed by atoms with Crippen LogP contribution >= 0.6 is 0 Å². The normalized spacial score (nSPS) is 18.7. The van der Waals surface area contributed by atoms with Crippen LogP contribution in [0.15, 0.2) is 16.5 Å². The molecular weight excluding hydrogens is 342 g/mol.